The zero-order valence-corrected chi connectivity index (χ0v) is 10.3. The fourth-order valence-corrected chi connectivity index (χ4v) is 1.45. The van der Waals surface area contributed by atoms with E-state index in [-0.39, 0.29) is 17.2 Å². The summed E-state index contributed by atoms with van der Waals surface area (Å²) in [7, 11) is 1.35. The van der Waals surface area contributed by atoms with E-state index in [9.17, 15) is 14.0 Å². The Morgan fingerprint density at radius 3 is 2.78 bits per heavy atom. The van der Waals surface area contributed by atoms with Crippen LogP contribution in [0.25, 0.3) is 0 Å². The van der Waals surface area contributed by atoms with Gasteiger partial charge in [-0.25, -0.2) is 4.39 Å². The van der Waals surface area contributed by atoms with Gasteiger partial charge in [0.2, 0.25) is 5.91 Å². The predicted molar refractivity (Wildman–Crippen MR) is 63.7 cm³/mol. The molecule has 0 aliphatic carbocycles. The summed E-state index contributed by atoms with van der Waals surface area (Å²) in [5, 5.41) is 2.09. The number of nitrogens with one attached hydrogen (secondary N) is 1. The molecule has 0 aliphatic rings. The van der Waals surface area contributed by atoms with Crippen molar-refractivity contribution in [2.24, 2.45) is 5.73 Å². The minimum absolute atomic E-state index is 0.0940. The lowest BCUT2D eigenvalue weighted by atomic mass is 10.2. The van der Waals surface area contributed by atoms with Gasteiger partial charge in [0.25, 0.3) is 5.91 Å². The summed E-state index contributed by atoms with van der Waals surface area (Å²) in [5.41, 5.74) is 4.80. The largest absolute Gasteiger partial charge is 0.382 e. The standard InChI is InChI=1S/C11H12ClFN2O3/c1-18-5-8(10(14)16)15-11(17)6-3-2-4-7(12)9(6)13/h2-4,8H,5H2,1H3,(H2,14,16)(H,15,17)/t8-/m1/s1. The van der Waals surface area contributed by atoms with Gasteiger partial charge in [-0.1, -0.05) is 17.7 Å². The van der Waals surface area contributed by atoms with Crippen LogP contribution < -0.4 is 11.1 Å². The van der Waals surface area contributed by atoms with Gasteiger partial charge in [0.15, 0.2) is 5.82 Å². The normalized spacial score (nSPS) is 11.9. The maximum absolute atomic E-state index is 13.5. The molecule has 0 aromatic heterocycles. The highest BCUT2D eigenvalue weighted by Crippen LogP contribution is 2.17. The highest BCUT2D eigenvalue weighted by atomic mass is 35.5. The summed E-state index contributed by atoms with van der Waals surface area (Å²) >= 11 is 5.55. The van der Waals surface area contributed by atoms with Crippen molar-refractivity contribution in [3.05, 3.63) is 34.6 Å². The van der Waals surface area contributed by atoms with Crippen LogP contribution in [0.1, 0.15) is 10.4 Å². The van der Waals surface area contributed by atoms with Gasteiger partial charge in [0.05, 0.1) is 17.2 Å². The highest BCUT2D eigenvalue weighted by molar-refractivity contribution is 6.31. The lowest BCUT2D eigenvalue weighted by Gasteiger charge is -2.14. The third kappa shape index (κ3) is 3.41. The first-order valence-corrected chi connectivity index (χ1v) is 5.38. The van der Waals surface area contributed by atoms with Crippen LogP contribution in [0.4, 0.5) is 4.39 Å². The monoisotopic (exact) mass is 274 g/mol. The molecule has 0 saturated heterocycles. The first-order chi connectivity index (χ1) is 8.47. The predicted octanol–water partition coefficient (Wildman–Crippen LogP) is 0.709. The Bertz CT molecular complexity index is 468. The molecule has 3 N–H and O–H groups in total. The van der Waals surface area contributed by atoms with E-state index in [1.54, 1.807) is 0 Å². The van der Waals surface area contributed by atoms with Crippen LogP contribution in [-0.2, 0) is 9.53 Å². The van der Waals surface area contributed by atoms with Crippen molar-refractivity contribution in [2.75, 3.05) is 13.7 Å². The molecule has 0 bridgehead atoms. The number of amides is 2. The van der Waals surface area contributed by atoms with E-state index < -0.39 is 23.7 Å². The molecule has 7 heteroatoms. The summed E-state index contributed by atoms with van der Waals surface area (Å²) in [6, 6.07) is 2.96. The van der Waals surface area contributed by atoms with Crippen LogP contribution in [-0.4, -0.2) is 31.6 Å². The van der Waals surface area contributed by atoms with Crippen LogP contribution in [0.5, 0.6) is 0 Å². The summed E-state index contributed by atoms with van der Waals surface area (Å²) in [5.74, 6) is -2.40. The third-order valence-electron chi connectivity index (χ3n) is 2.18. The zero-order chi connectivity index (χ0) is 13.7. The second kappa shape index (κ2) is 6.32. The number of rotatable bonds is 5. The zero-order valence-electron chi connectivity index (χ0n) is 9.57. The fourth-order valence-electron chi connectivity index (χ4n) is 1.28. The van der Waals surface area contributed by atoms with Gasteiger partial charge < -0.3 is 15.8 Å². The first-order valence-electron chi connectivity index (χ1n) is 5.00. The molecule has 0 fully saturated rings. The number of methoxy groups -OCH3 is 1. The van der Waals surface area contributed by atoms with Crippen molar-refractivity contribution < 1.29 is 18.7 Å². The molecule has 0 unspecified atom stereocenters. The van der Waals surface area contributed by atoms with E-state index >= 15 is 0 Å². The molecule has 98 valence electrons. The minimum atomic E-state index is -1.03. The van der Waals surface area contributed by atoms with Crippen molar-refractivity contribution in [3.8, 4) is 0 Å². The molecule has 0 heterocycles. The van der Waals surface area contributed by atoms with Gasteiger partial charge in [0.1, 0.15) is 6.04 Å². The van der Waals surface area contributed by atoms with E-state index in [4.69, 9.17) is 22.1 Å². The van der Waals surface area contributed by atoms with Crippen LogP contribution in [0.2, 0.25) is 5.02 Å². The second-order valence-corrected chi connectivity index (χ2v) is 3.89. The van der Waals surface area contributed by atoms with Crippen molar-refractivity contribution >= 4 is 23.4 Å². The van der Waals surface area contributed by atoms with Crippen molar-refractivity contribution in [1.82, 2.24) is 5.32 Å². The second-order valence-electron chi connectivity index (χ2n) is 3.49. The smallest absolute Gasteiger partial charge is 0.255 e. The molecule has 5 nitrogen and oxygen atoms in total. The Hall–Kier alpha value is -1.66. The van der Waals surface area contributed by atoms with Crippen molar-refractivity contribution in [3.63, 3.8) is 0 Å². The summed E-state index contributed by atoms with van der Waals surface area (Å²) < 4.78 is 18.3. The first kappa shape index (κ1) is 14.4. The molecule has 1 aromatic carbocycles. The van der Waals surface area contributed by atoms with Gasteiger partial charge in [-0.2, -0.15) is 0 Å². The number of carbonyl (C=O) groups is 2. The van der Waals surface area contributed by atoms with E-state index in [1.165, 1.54) is 25.3 Å². The molecule has 1 atom stereocenters. The molecule has 1 aromatic rings. The molecule has 2 amide bonds. The molecule has 0 spiro atoms. The van der Waals surface area contributed by atoms with Crippen LogP contribution >= 0.6 is 11.6 Å². The molecule has 18 heavy (non-hydrogen) atoms. The molecule has 0 aliphatic heterocycles. The Morgan fingerprint density at radius 1 is 1.56 bits per heavy atom. The van der Waals surface area contributed by atoms with Crippen molar-refractivity contribution in [1.29, 1.82) is 0 Å². The van der Waals surface area contributed by atoms with Crippen LogP contribution in [0.3, 0.4) is 0 Å². The molecule has 0 radical (unpaired) electrons. The van der Waals surface area contributed by atoms with Gasteiger partial charge in [0, 0.05) is 7.11 Å². The number of ether oxygens (including phenoxy) is 1. The number of halogens is 2. The summed E-state index contributed by atoms with van der Waals surface area (Å²) in [4.78, 5) is 22.8. The molecular weight excluding hydrogens is 263 g/mol. The number of hydrogen-bond acceptors (Lipinski definition) is 3. The Morgan fingerprint density at radius 2 is 2.22 bits per heavy atom. The summed E-state index contributed by atoms with van der Waals surface area (Å²) in [6.45, 7) is -0.0940. The van der Waals surface area contributed by atoms with Crippen LogP contribution in [0.15, 0.2) is 18.2 Å². The molecular formula is C11H12ClFN2O3. The fraction of sp³-hybridized carbons (Fsp3) is 0.273. The Labute approximate surface area is 108 Å². The maximum Gasteiger partial charge on any atom is 0.255 e. The Balaban J connectivity index is 2.87. The Kier molecular flexibility index (Phi) is 5.06. The van der Waals surface area contributed by atoms with Gasteiger partial charge in [-0.05, 0) is 12.1 Å². The number of benzene rings is 1. The quantitative estimate of drug-likeness (QED) is 0.830. The van der Waals surface area contributed by atoms with Crippen LogP contribution in [0, 0.1) is 5.82 Å². The van der Waals surface area contributed by atoms with E-state index in [1.807, 2.05) is 0 Å². The minimum Gasteiger partial charge on any atom is -0.382 e. The highest BCUT2D eigenvalue weighted by Gasteiger charge is 2.21. The number of hydrogen-bond donors (Lipinski definition) is 2. The third-order valence-corrected chi connectivity index (χ3v) is 2.47. The molecule has 0 saturated carbocycles. The summed E-state index contributed by atoms with van der Waals surface area (Å²) in [6.07, 6.45) is 0. The van der Waals surface area contributed by atoms with Crippen molar-refractivity contribution in [2.45, 2.75) is 6.04 Å². The number of nitrogens with two attached hydrogens (primary N) is 1. The average molecular weight is 275 g/mol. The lowest BCUT2D eigenvalue weighted by molar-refractivity contribution is -0.121. The number of primary amides is 1. The van der Waals surface area contributed by atoms with Gasteiger partial charge >= 0.3 is 0 Å². The topological polar surface area (TPSA) is 81.4 Å². The van der Waals surface area contributed by atoms with E-state index in [2.05, 4.69) is 5.32 Å². The van der Waals surface area contributed by atoms with E-state index in [0.717, 1.165) is 0 Å². The SMILES string of the molecule is COC[C@@H](NC(=O)c1cccc(Cl)c1F)C(N)=O. The number of carbonyl (C=O) groups excluding carboxylic acids is 2. The average Bonchev–Trinajstić information content (AvgIpc) is 2.31. The van der Waals surface area contributed by atoms with Gasteiger partial charge in [-0.15, -0.1) is 0 Å². The van der Waals surface area contributed by atoms with Gasteiger partial charge in [-0.3, -0.25) is 9.59 Å². The molecule has 1 rings (SSSR count). The maximum atomic E-state index is 13.5. The lowest BCUT2D eigenvalue weighted by Crippen LogP contribution is -2.47. The van der Waals surface area contributed by atoms with E-state index in [0.29, 0.717) is 0 Å².